The van der Waals surface area contributed by atoms with Gasteiger partial charge in [0, 0.05) is 17.6 Å². The highest BCUT2D eigenvalue weighted by atomic mass is 19.4. The monoisotopic (exact) mass is 330 g/mol. The Morgan fingerprint density at radius 1 is 0.750 bits per heavy atom. The topological polar surface area (TPSA) is 49.8 Å². The van der Waals surface area contributed by atoms with Crippen molar-refractivity contribution in [3.8, 4) is 0 Å². The Labute approximate surface area is 136 Å². The fraction of sp³-hybridized carbons (Fsp3) is 0.0588. The van der Waals surface area contributed by atoms with Crippen molar-refractivity contribution in [2.24, 2.45) is 0 Å². The highest BCUT2D eigenvalue weighted by molar-refractivity contribution is 5.59. The minimum absolute atomic E-state index is 0.288. The molecule has 2 N–H and O–H groups in total. The number of rotatable bonds is 4. The van der Waals surface area contributed by atoms with Crippen LogP contribution in [-0.4, -0.2) is 9.97 Å². The van der Waals surface area contributed by atoms with E-state index in [1.165, 1.54) is 12.1 Å². The maximum atomic E-state index is 12.6. The Bertz CT molecular complexity index is 802. The summed E-state index contributed by atoms with van der Waals surface area (Å²) in [5.74, 6) is 0.862. The van der Waals surface area contributed by atoms with Crippen molar-refractivity contribution in [1.29, 1.82) is 0 Å². The molecule has 4 nitrogen and oxygen atoms in total. The van der Waals surface area contributed by atoms with E-state index in [1.807, 2.05) is 30.3 Å². The van der Waals surface area contributed by atoms with Crippen LogP contribution < -0.4 is 10.6 Å². The van der Waals surface area contributed by atoms with Crippen LogP contribution in [0.1, 0.15) is 5.56 Å². The normalized spacial score (nSPS) is 11.1. The molecule has 0 radical (unpaired) electrons. The molecule has 0 aliphatic carbocycles. The summed E-state index contributed by atoms with van der Waals surface area (Å²) < 4.78 is 37.7. The van der Waals surface area contributed by atoms with Crippen molar-refractivity contribution >= 4 is 23.1 Å². The van der Waals surface area contributed by atoms with Gasteiger partial charge in [-0.25, -0.2) is 4.98 Å². The predicted molar refractivity (Wildman–Crippen MR) is 86.5 cm³/mol. The zero-order valence-corrected chi connectivity index (χ0v) is 12.4. The average Bonchev–Trinajstić information content (AvgIpc) is 2.56. The molecule has 0 bridgehead atoms. The molecule has 0 saturated heterocycles. The van der Waals surface area contributed by atoms with Crippen molar-refractivity contribution in [3.63, 3.8) is 0 Å². The van der Waals surface area contributed by atoms with E-state index in [9.17, 15) is 13.2 Å². The van der Waals surface area contributed by atoms with Gasteiger partial charge in [-0.2, -0.15) is 18.2 Å². The van der Waals surface area contributed by atoms with Crippen molar-refractivity contribution in [2.45, 2.75) is 6.18 Å². The number of hydrogen-bond acceptors (Lipinski definition) is 4. The number of benzene rings is 2. The minimum Gasteiger partial charge on any atom is -0.340 e. The molecule has 1 heterocycles. The van der Waals surface area contributed by atoms with Crippen LogP contribution in [0, 0.1) is 0 Å². The molecule has 0 saturated carbocycles. The third-order valence-corrected chi connectivity index (χ3v) is 3.17. The first-order chi connectivity index (χ1) is 11.5. The number of anilines is 4. The summed E-state index contributed by atoms with van der Waals surface area (Å²) in [4.78, 5) is 8.34. The lowest BCUT2D eigenvalue weighted by molar-refractivity contribution is -0.137. The summed E-state index contributed by atoms with van der Waals surface area (Å²) in [6, 6.07) is 15.9. The van der Waals surface area contributed by atoms with Crippen LogP contribution in [0.4, 0.5) is 36.3 Å². The van der Waals surface area contributed by atoms with Crippen LogP contribution in [0.25, 0.3) is 0 Å². The van der Waals surface area contributed by atoms with Gasteiger partial charge in [-0.15, -0.1) is 0 Å². The number of nitrogens with one attached hydrogen (secondary N) is 2. The zero-order valence-electron chi connectivity index (χ0n) is 12.4. The lowest BCUT2D eigenvalue weighted by atomic mass is 10.2. The van der Waals surface area contributed by atoms with Gasteiger partial charge in [0.2, 0.25) is 5.95 Å². The summed E-state index contributed by atoms with van der Waals surface area (Å²) in [6.45, 7) is 0. The van der Waals surface area contributed by atoms with Gasteiger partial charge in [-0.1, -0.05) is 18.2 Å². The second kappa shape index (κ2) is 6.57. The molecule has 7 heteroatoms. The molecule has 1 aromatic heterocycles. The fourth-order valence-electron chi connectivity index (χ4n) is 2.03. The van der Waals surface area contributed by atoms with Crippen molar-refractivity contribution in [1.82, 2.24) is 9.97 Å². The number of aromatic nitrogens is 2. The summed E-state index contributed by atoms with van der Waals surface area (Å²) in [7, 11) is 0. The van der Waals surface area contributed by atoms with Gasteiger partial charge in [0.05, 0.1) is 5.56 Å². The molecule has 3 rings (SSSR count). The minimum atomic E-state index is -4.35. The first-order valence-corrected chi connectivity index (χ1v) is 7.10. The Balaban J connectivity index is 1.73. The van der Waals surface area contributed by atoms with Crippen molar-refractivity contribution in [3.05, 3.63) is 72.4 Å². The second-order valence-electron chi connectivity index (χ2n) is 4.96. The molecular weight excluding hydrogens is 317 g/mol. The number of hydrogen-bond donors (Lipinski definition) is 2. The van der Waals surface area contributed by atoms with Crippen LogP contribution in [-0.2, 0) is 6.18 Å². The number of halogens is 3. The van der Waals surface area contributed by atoms with Crippen molar-refractivity contribution < 1.29 is 13.2 Å². The van der Waals surface area contributed by atoms with E-state index in [0.717, 1.165) is 17.8 Å². The molecule has 0 spiro atoms. The van der Waals surface area contributed by atoms with Crippen LogP contribution in [0.15, 0.2) is 66.9 Å². The van der Waals surface area contributed by atoms with E-state index in [1.54, 1.807) is 12.3 Å². The molecule has 0 aliphatic rings. The van der Waals surface area contributed by atoms with Gasteiger partial charge >= 0.3 is 6.18 Å². The standard InChI is InChI=1S/C17H13F3N4/c18-17(19,20)12-6-8-14(9-7-12)23-16-21-11-10-15(24-16)22-13-4-2-1-3-5-13/h1-11H,(H2,21,22,23,24). The SMILES string of the molecule is FC(F)(F)c1ccc(Nc2nccc(Nc3ccccc3)n2)cc1. The summed E-state index contributed by atoms with van der Waals surface area (Å²) in [5.41, 5.74) is 0.644. The molecule has 0 aliphatic heterocycles. The highest BCUT2D eigenvalue weighted by Gasteiger charge is 2.29. The summed E-state index contributed by atoms with van der Waals surface area (Å²) >= 11 is 0. The molecule has 0 unspecified atom stereocenters. The van der Waals surface area contributed by atoms with Gasteiger partial charge < -0.3 is 10.6 Å². The summed E-state index contributed by atoms with van der Waals surface area (Å²) in [6.07, 6.45) is -2.79. The quantitative estimate of drug-likeness (QED) is 0.708. The van der Waals surface area contributed by atoms with E-state index in [2.05, 4.69) is 20.6 Å². The maximum Gasteiger partial charge on any atom is 0.416 e. The van der Waals surface area contributed by atoms with Crippen LogP contribution >= 0.6 is 0 Å². The molecule has 0 amide bonds. The van der Waals surface area contributed by atoms with Crippen LogP contribution in [0.3, 0.4) is 0 Å². The van der Waals surface area contributed by atoms with Gasteiger partial charge in [0.25, 0.3) is 0 Å². The third-order valence-electron chi connectivity index (χ3n) is 3.17. The van der Waals surface area contributed by atoms with Crippen molar-refractivity contribution in [2.75, 3.05) is 10.6 Å². The molecule has 0 fully saturated rings. The Morgan fingerprint density at radius 3 is 2.08 bits per heavy atom. The Morgan fingerprint density at radius 2 is 1.42 bits per heavy atom. The van der Waals surface area contributed by atoms with Gasteiger partial charge in [0.1, 0.15) is 5.82 Å². The maximum absolute atomic E-state index is 12.6. The molecule has 0 atom stereocenters. The highest BCUT2D eigenvalue weighted by Crippen LogP contribution is 2.30. The van der Waals surface area contributed by atoms with Gasteiger partial charge in [0.15, 0.2) is 0 Å². The van der Waals surface area contributed by atoms with E-state index >= 15 is 0 Å². The van der Waals surface area contributed by atoms with E-state index in [4.69, 9.17) is 0 Å². The van der Waals surface area contributed by atoms with Crippen LogP contribution in [0.2, 0.25) is 0 Å². The lowest BCUT2D eigenvalue weighted by Crippen LogP contribution is -2.05. The van der Waals surface area contributed by atoms with Crippen LogP contribution in [0.5, 0.6) is 0 Å². The lowest BCUT2D eigenvalue weighted by Gasteiger charge is -2.10. The number of alkyl halides is 3. The average molecular weight is 330 g/mol. The molecule has 24 heavy (non-hydrogen) atoms. The Kier molecular flexibility index (Phi) is 4.33. The predicted octanol–water partition coefficient (Wildman–Crippen LogP) is 4.98. The largest absolute Gasteiger partial charge is 0.416 e. The van der Waals surface area contributed by atoms with E-state index in [-0.39, 0.29) is 5.95 Å². The zero-order chi connectivity index (χ0) is 17.0. The second-order valence-corrected chi connectivity index (χ2v) is 4.96. The number of para-hydroxylation sites is 1. The van der Waals surface area contributed by atoms with E-state index in [0.29, 0.717) is 11.5 Å². The fourth-order valence-corrected chi connectivity index (χ4v) is 2.03. The molecule has 3 aromatic rings. The number of nitrogens with zero attached hydrogens (tertiary/aromatic N) is 2. The smallest absolute Gasteiger partial charge is 0.340 e. The molecular formula is C17H13F3N4. The van der Waals surface area contributed by atoms with Gasteiger partial charge in [-0.05, 0) is 42.5 Å². The first-order valence-electron chi connectivity index (χ1n) is 7.10. The van der Waals surface area contributed by atoms with Gasteiger partial charge in [-0.3, -0.25) is 0 Å². The Hall–Kier alpha value is -3.09. The first kappa shape index (κ1) is 15.8. The molecule has 2 aromatic carbocycles. The molecule has 122 valence electrons. The summed E-state index contributed by atoms with van der Waals surface area (Å²) in [5, 5.41) is 6.00. The third kappa shape index (κ3) is 4.01. The van der Waals surface area contributed by atoms with E-state index < -0.39 is 11.7 Å².